The summed E-state index contributed by atoms with van der Waals surface area (Å²) in [6.45, 7) is 1.95. The molecule has 5 heteroatoms. The minimum absolute atomic E-state index is 0.105. The van der Waals surface area contributed by atoms with E-state index in [0.717, 1.165) is 16.6 Å². The van der Waals surface area contributed by atoms with Crippen molar-refractivity contribution in [2.75, 3.05) is 0 Å². The Morgan fingerprint density at radius 1 is 1.44 bits per heavy atom. The fourth-order valence-corrected chi connectivity index (χ4v) is 2.53. The second-order valence-corrected chi connectivity index (χ2v) is 4.67. The van der Waals surface area contributed by atoms with Crippen molar-refractivity contribution >= 4 is 16.8 Å². The summed E-state index contributed by atoms with van der Waals surface area (Å²) in [5, 5.41) is 18.1. The van der Waals surface area contributed by atoms with Gasteiger partial charge in [-0.1, -0.05) is 18.2 Å². The number of amides is 1. The van der Waals surface area contributed by atoms with Crippen LogP contribution in [0.15, 0.2) is 24.3 Å². The summed E-state index contributed by atoms with van der Waals surface area (Å²) in [6.07, 6.45) is 0.168. The number of benzene rings is 1. The molecule has 2 heterocycles. The summed E-state index contributed by atoms with van der Waals surface area (Å²) in [6, 6.07) is 7.73. The van der Waals surface area contributed by atoms with E-state index in [-0.39, 0.29) is 11.9 Å². The third-order valence-corrected chi connectivity index (χ3v) is 3.45. The predicted octanol–water partition coefficient (Wildman–Crippen LogP) is 1.11. The zero-order valence-corrected chi connectivity index (χ0v) is 10.1. The topological polar surface area (TPSA) is 67.2 Å². The number of carbonyl (C=O) groups excluding carboxylic acids is 1. The number of aryl methyl sites for hydroxylation is 1. The van der Waals surface area contributed by atoms with Gasteiger partial charge in [0.2, 0.25) is 5.91 Å². The largest absolute Gasteiger partial charge is 0.371 e. The number of aliphatic hydroxyl groups is 1. The third-order valence-electron chi connectivity index (χ3n) is 3.45. The highest BCUT2D eigenvalue weighted by atomic mass is 16.3. The Kier molecular flexibility index (Phi) is 2.56. The van der Waals surface area contributed by atoms with Crippen LogP contribution in [0.5, 0.6) is 0 Å². The molecule has 1 aliphatic heterocycles. The Labute approximate surface area is 104 Å². The first kappa shape index (κ1) is 11.2. The van der Waals surface area contributed by atoms with E-state index >= 15 is 0 Å². The van der Waals surface area contributed by atoms with Crippen LogP contribution < -0.4 is 5.32 Å². The smallest absolute Gasteiger partial charge is 0.222 e. The number of para-hydroxylation sites is 1. The summed E-state index contributed by atoms with van der Waals surface area (Å²) < 4.78 is 1.83. The predicted molar refractivity (Wildman–Crippen MR) is 66.9 cm³/mol. The van der Waals surface area contributed by atoms with Crippen LogP contribution in [0.2, 0.25) is 0 Å². The van der Waals surface area contributed by atoms with Gasteiger partial charge < -0.3 is 10.4 Å². The highest BCUT2D eigenvalue weighted by Crippen LogP contribution is 2.27. The molecule has 1 saturated heterocycles. The maximum atomic E-state index is 11.2. The van der Waals surface area contributed by atoms with E-state index in [1.807, 2.05) is 35.9 Å². The third kappa shape index (κ3) is 1.67. The van der Waals surface area contributed by atoms with E-state index in [1.165, 1.54) is 0 Å². The number of carbonyl (C=O) groups is 1. The summed E-state index contributed by atoms with van der Waals surface area (Å²) in [5.74, 6) is -0.105. The zero-order chi connectivity index (χ0) is 12.7. The minimum Gasteiger partial charge on any atom is -0.371 e. The quantitative estimate of drug-likeness (QED) is 0.791. The van der Waals surface area contributed by atoms with Gasteiger partial charge in [-0.3, -0.25) is 9.48 Å². The van der Waals surface area contributed by atoms with Gasteiger partial charge in [-0.05, 0) is 19.4 Å². The molecular formula is C13H15N3O2. The molecule has 0 saturated carbocycles. The van der Waals surface area contributed by atoms with Gasteiger partial charge in [-0.2, -0.15) is 5.10 Å². The van der Waals surface area contributed by atoms with Gasteiger partial charge in [-0.25, -0.2) is 0 Å². The number of hydrogen-bond donors (Lipinski definition) is 2. The highest BCUT2D eigenvalue weighted by Gasteiger charge is 2.30. The summed E-state index contributed by atoms with van der Waals surface area (Å²) >= 11 is 0. The molecule has 5 nitrogen and oxygen atoms in total. The summed E-state index contributed by atoms with van der Waals surface area (Å²) in [5.41, 5.74) is 1.94. The van der Waals surface area contributed by atoms with Gasteiger partial charge in [0.25, 0.3) is 0 Å². The average Bonchev–Trinajstić information content (AvgIpc) is 2.68. The normalized spacial score (nSPS) is 24.2. The molecule has 2 unspecified atom stereocenters. The SMILES string of the molecule is Cc1nn(C2CCC(=O)NC2O)c2ccccc12. The Balaban J connectivity index is 2.06. The molecule has 1 aliphatic rings. The number of aromatic nitrogens is 2. The van der Waals surface area contributed by atoms with Crippen molar-refractivity contribution in [1.29, 1.82) is 0 Å². The van der Waals surface area contributed by atoms with E-state index in [2.05, 4.69) is 10.4 Å². The molecule has 0 spiro atoms. The molecule has 2 aromatic rings. The molecule has 18 heavy (non-hydrogen) atoms. The molecule has 2 atom stereocenters. The van der Waals surface area contributed by atoms with E-state index in [4.69, 9.17) is 0 Å². The molecule has 1 amide bonds. The van der Waals surface area contributed by atoms with Gasteiger partial charge in [0.1, 0.15) is 6.23 Å². The van der Waals surface area contributed by atoms with E-state index in [9.17, 15) is 9.90 Å². The maximum Gasteiger partial charge on any atom is 0.222 e. The molecule has 0 aliphatic carbocycles. The van der Waals surface area contributed by atoms with Crippen molar-refractivity contribution in [1.82, 2.24) is 15.1 Å². The lowest BCUT2D eigenvalue weighted by molar-refractivity contribution is -0.128. The van der Waals surface area contributed by atoms with Crippen LogP contribution >= 0.6 is 0 Å². The average molecular weight is 245 g/mol. The van der Waals surface area contributed by atoms with Crippen molar-refractivity contribution in [3.63, 3.8) is 0 Å². The van der Waals surface area contributed by atoms with Crippen LogP contribution in [0, 0.1) is 6.92 Å². The summed E-state index contributed by atoms with van der Waals surface area (Å²) in [4.78, 5) is 11.2. The molecule has 1 aromatic carbocycles. The zero-order valence-electron chi connectivity index (χ0n) is 10.1. The van der Waals surface area contributed by atoms with E-state index in [0.29, 0.717) is 12.8 Å². The van der Waals surface area contributed by atoms with Crippen molar-refractivity contribution < 1.29 is 9.90 Å². The molecule has 2 N–H and O–H groups in total. The van der Waals surface area contributed by atoms with Crippen molar-refractivity contribution in [2.24, 2.45) is 0 Å². The Morgan fingerprint density at radius 2 is 2.22 bits per heavy atom. The number of hydrogen-bond acceptors (Lipinski definition) is 3. The van der Waals surface area contributed by atoms with Gasteiger partial charge in [0.15, 0.2) is 0 Å². The number of aliphatic hydroxyl groups excluding tert-OH is 1. The number of fused-ring (bicyclic) bond motifs is 1. The van der Waals surface area contributed by atoms with E-state index in [1.54, 1.807) is 0 Å². The van der Waals surface area contributed by atoms with Crippen LogP contribution in [0.1, 0.15) is 24.6 Å². The monoisotopic (exact) mass is 245 g/mol. The molecule has 1 aromatic heterocycles. The van der Waals surface area contributed by atoms with Crippen molar-refractivity contribution in [3.05, 3.63) is 30.0 Å². The second-order valence-electron chi connectivity index (χ2n) is 4.67. The number of nitrogens with one attached hydrogen (secondary N) is 1. The Hall–Kier alpha value is -1.88. The van der Waals surface area contributed by atoms with Gasteiger partial charge >= 0.3 is 0 Å². The molecule has 1 fully saturated rings. The van der Waals surface area contributed by atoms with Crippen molar-refractivity contribution in [3.8, 4) is 0 Å². The van der Waals surface area contributed by atoms with Crippen LogP contribution in [-0.2, 0) is 4.79 Å². The second kappa shape index (κ2) is 4.10. The first-order chi connectivity index (χ1) is 8.66. The Bertz CT molecular complexity index is 605. The van der Waals surface area contributed by atoms with E-state index < -0.39 is 6.23 Å². The lowest BCUT2D eigenvalue weighted by Gasteiger charge is -2.28. The van der Waals surface area contributed by atoms with Crippen LogP contribution in [0.4, 0.5) is 0 Å². The van der Waals surface area contributed by atoms with Gasteiger partial charge in [0, 0.05) is 11.8 Å². The standard InChI is InChI=1S/C13H15N3O2/c1-8-9-4-2-3-5-10(9)16(15-8)11-6-7-12(17)14-13(11)18/h2-5,11,13,18H,6-7H2,1H3,(H,14,17). The minimum atomic E-state index is -0.867. The number of rotatable bonds is 1. The molecule has 94 valence electrons. The first-order valence-electron chi connectivity index (χ1n) is 6.08. The maximum absolute atomic E-state index is 11.2. The van der Waals surface area contributed by atoms with Gasteiger partial charge in [0.05, 0.1) is 17.3 Å². The number of nitrogens with zero attached hydrogens (tertiary/aromatic N) is 2. The highest BCUT2D eigenvalue weighted by molar-refractivity contribution is 5.82. The fourth-order valence-electron chi connectivity index (χ4n) is 2.53. The van der Waals surface area contributed by atoms with Gasteiger partial charge in [-0.15, -0.1) is 0 Å². The van der Waals surface area contributed by atoms with Crippen LogP contribution in [0.3, 0.4) is 0 Å². The summed E-state index contributed by atoms with van der Waals surface area (Å²) in [7, 11) is 0. The van der Waals surface area contributed by atoms with Crippen molar-refractivity contribution in [2.45, 2.75) is 32.0 Å². The lowest BCUT2D eigenvalue weighted by atomic mass is 10.1. The van der Waals surface area contributed by atoms with Crippen LogP contribution in [-0.4, -0.2) is 27.0 Å². The molecule has 0 radical (unpaired) electrons. The molecule has 0 bridgehead atoms. The Morgan fingerprint density at radius 3 is 3.00 bits per heavy atom. The number of piperidine rings is 1. The molecular weight excluding hydrogens is 230 g/mol. The molecule has 3 rings (SSSR count). The fraction of sp³-hybridized carbons (Fsp3) is 0.385. The lowest BCUT2D eigenvalue weighted by Crippen LogP contribution is -2.45. The van der Waals surface area contributed by atoms with Crippen LogP contribution in [0.25, 0.3) is 10.9 Å². The first-order valence-corrected chi connectivity index (χ1v) is 6.08.